The van der Waals surface area contributed by atoms with Gasteiger partial charge in [-0.1, -0.05) is 94.8 Å². The van der Waals surface area contributed by atoms with Crippen molar-refractivity contribution in [3.8, 4) is 6.07 Å². The number of carbonyl (C=O) groups is 1. The van der Waals surface area contributed by atoms with Gasteiger partial charge in [-0.3, -0.25) is 4.79 Å². The van der Waals surface area contributed by atoms with Crippen LogP contribution in [0.15, 0.2) is 12.7 Å². The lowest BCUT2D eigenvalue weighted by Crippen LogP contribution is -2.69. The van der Waals surface area contributed by atoms with Gasteiger partial charge in [0.15, 0.2) is 0 Å². The van der Waals surface area contributed by atoms with Crippen LogP contribution in [-0.4, -0.2) is 80.7 Å². The summed E-state index contributed by atoms with van der Waals surface area (Å²) in [5, 5.41) is 8.15. The zero-order chi connectivity index (χ0) is 47.3. The first-order valence-corrected chi connectivity index (χ1v) is 20.4. The molecule has 0 aliphatic heterocycles. The van der Waals surface area contributed by atoms with E-state index in [2.05, 4.69) is 18.2 Å². The molecule has 0 aliphatic rings. The molecule has 0 radical (unpaired) electrons. The summed E-state index contributed by atoms with van der Waals surface area (Å²) < 4.78 is 265. The predicted molar refractivity (Wildman–Crippen MR) is 192 cm³/mol. The zero-order valence-corrected chi connectivity index (χ0v) is 34.5. The van der Waals surface area contributed by atoms with Gasteiger partial charge in [-0.2, -0.15) is 88.7 Å². The second-order valence-corrected chi connectivity index (χ2v) is 17.7. The van der Waals surface area contributed by atoms with Crippen LogP contribution < -0.4 is 0 Å². The van der Waals surface area contributed by atoms with Crippen LogP contribution >= 0.6 is 35.7 Å². The van der Waals surface area contributed by atoms with Gasteiger partial charge in [0.2, 0.25) is 0 Å². The van der Waals surface area contributed by atoms with Gasteiger partial charge in [-0.25, -0.2) is 0 Å². The van der Waals surface area contributed by atoms with Gasteiger partial charge in [0, 0.05) is 0 Å². The summed E-state index contributed by atoms with van der Waals surface area (Å²) in [4.78, 5) is 13.0. The summed E-state index contributed by atoms with van der Waals surface area (Å²) in [5.74, 6) is -63.8. The zero-order valence-electron chi connectivity index (χ0n) is 32.1. The molecule has 0 heterocycles. The summed E-state index contributed by atoms with van der Waals surface area (Å²) in [5.41, 5.74) is -1.39. The van der Waals surface area contributed by atoms with E-state index < -0.39 is 96.1 Å². The third kappa shape index (κ3) is 14.6. The summed E-state index contributed by atoms with van der Waals surface area (Å²) in [6, 6.07) is 1.91. The molecule has 0 aromatic carbocycles. The summed E-state index contributed by atoms with van der Waals surface area (Å²) in [6.07, 6.45) is -4.35. The van der Waals surface area contributed by atoms with Crippen molar-refractivity contribution in [2.75, 3.05) is 12.4 Å². The van der Waals surface area contributed by atoms with Crippen LogP contribution in [0.1, 0.15) is 110 Å². The molecule has 0 N–H and O–H groups in total. The van der Waals surface area contributed by atoms with E-state index in [1.54, 1.807) is 0 Å². The van der Waals surface area contributed by atoms with Crippen molar-refractivity contribution in [1.29, 1.82) is 5.26 Å². The molecule has 0 aromatic heterocycles. The maximum atomic E-state index is 14.5. The van der Waals surface area contributed by atoms with Crippen LogP contribution in [0.2, 0.25) is 0 Å². The van der Waals surface area contributed by atoms with Crippen molar-refractivity contribution < 1.29 is 92.9 Å². The second kappa shape index (κ2) is 22.7. The molecule has 2 unspecified atom stereocenters. The summed E-state index contributed by atoms with van der Waals surface area (Å²) in [6.45, 7) is 4.86. The highest BCUT2D eigenvalue weighted by Gasteiger charge is 2.89. The largest absolute Gasteiger partial charge is 0.465 e. The Kier molecular flexibility index (Phi) is 22.0. The fourth-order valence-electron chi connectivity index (χ4n) is 5.20. The molecule has 0 aliphatic carbocycles. The number of halogens is 19. The number of allylic oxidation sites excluding steroid dienone is 1. The van der Waals surface area contributed by atoms with Crippen molar-refractivity contribution in [1.82, 2.24) is 0 Å². The van der Waals surface area contributed by atoms with E-state index in [0.717, 1.165) is 69.5 Å². The molecule has 0 saturated heterocycles. The van der Waals surface area contributed by atoms with E-state index >= 15 is 0 Å². The number of ether oxygens (including phenoxy) is 1. The van der Waals surface area contributed by atoms with E-state index in [4.69, 9.17) is 12.2 Å². The number of nitrogens with zero attached hydrogens (tertiary/aromatic N) is 1. The molecule has 60 heavy (non-hydrogen) atoms. The van der Waals surface area contributed by atoms with Gasteiger partial charge in [0.1, 0.15) is 8.78 Å². The number of esters is 1. The monoisotopic (exact) mass is 967 g/mol. The Morgan fingerprint density at radius 2 is 1.12 bits per heavy atom. The quantitative estimate of drug-likeness (QED) is 0.0245. The number of hydrogen-bond acceptors (Lipinski definition) is 6. The highest BCUT2D eigenvalue weighted by Crippen LogP contribution is 2.62. The number of hydrogen-bond donors (Lipinski definition) is 0. The SMILES string of the molecule is C=CCCC(C)(C#N)CC(SC(=S)SCCCCCCCCCCCC)C(=O)OCCC(F)(F)C(F)(F)C(F)(F)C(F)(F)C(F)(F)CC(F)(F)C(F)(F)C(F)(F)C(F)(F)F. The molecule has 0 aromatic rings. The highest BCUT2D eigenvalue weighted by molar-refractivity contribution is 8.47. The van der Waals surface area contributed by atoms with Crippen LogP contribution in [0.5, 0.6) is 0 Å². The minimum absolute atomic E-state index is 0.0440. The smallest absolute Gasteiger partial charge is 0.460 e. The normalized spacial score (nSPS) is 15.6. The molecule has 0 rings (SSSR count). The first kappa shape index (κ1) is 58.2. The Morgan fingerprint density at radius 1 is 0.683 bits per heavy atom. The lowest BCUT2D eigenvalue weighted by atomic mass is 9.82. The van der Waals surface area contributed by atoms with E-state index in [1.807, 2.05) is 6.07 Å². The Labute approximate surface area is 348 Å². The number of nitriles is 1. The molecule has 0 amide bonds. The first-order chi connectivity index (χ1) is 27.0. The Bertz CT molecular complexity index is 1420. The number of unbranched alkanes of at least 4 members (excludes halogenated alkanes) is 9. The van der Waals surface area contributed by atoms with Gasteiger partial charge in [-0.15, -0.1) is 18.3 Å². The molecule has 3 nitrogen and oxygen atoms in total. The average molecular weight is 968 g/mol. The third-order valence-electron chi connectivity index (χ3n) is 9.05. The number of thioether (sulfide) groups is 2. The predicted octanol–water partition coefficient (Wildman–Crippen LogP) is 14.9. The van der Waals surface area contributed by atoms with Crippen molar-refractivity contribution >= 4 is 45.2 Å². The summed E-state index contributed by atoms with van der Waals surface area (Å²) in [7, 11) is 0. The van der Waals surface area contributed by atoms with E-state index in [1.165, 1.54) is 13.0 Å². The third-order valence-corrected chi connectivity index (χ3v) is 11.9. The van der Waals surface area contributed by atoms with E-state index in [9.17, 15) is 93.5 Å². The van der Waals surface area contributed by atoms with E-state index in [-0.39, 0.29) is 16.4 Å². The Morgan fingerprint density at radius 3 is 1.55 bits per heavy atom. The first-order valence-electron chi connectivity index (χ1n) is 18.1. The van der Waals surface area contributed by atoms with Gasteiger partial charge in [0.25, 0.3) is 0 Å². The maximum Gasteiger partial charge on any atom is 0.460 e. The number of thiocarbonyl (C=S) groups is 1. The van der Waals surface area contributed by atoms with Crippen molar-refractivity contribution in [3.63, 3.8) is 0 Å². The van der Waals surface area contributed by atoms with Crippen molar-refractivity contribution in [3.05, 3.63) is 12.7 Å². The topological polar surface area (TPSA) is 50.1 Å². The molecular formula is C35H44F19NO2S3. The van der Waals surface area contributed by atoms with Gasteiger partial charge in [-0.05, 0) is 38.4 Å². The second-order valence-electron chi connectivity index (χ2n) is 14.2. The van der Waals surface area contributed by atoms with Crippen LogP contribution in [0.25, 0.3) is 0 Å². The van der Waals surface area contributed by atoms with Crippen LogP contribution in [0.3, 0.4) is 0 Å². The lowest BCUT2D eigenvalue weighted by molar-refractivity contribution is -0.424. The standard InChI is InChI=1S/C35H44F19NO2S3/c1-4-6-8-9-10-11-12-13-14-15-19-59-25(58)60-23(20-26(3,22-55)16-7-5-2)24(56)57-18-17-27(36,37)30(42,43)33(48,49)31(44,45)28(38,39)21-29(40,41)32(46,47)34(50,51)35(52,53)54/h5,23H,2,4,6-21H2,1,3H3. The number of rotatable bonds is 29. The van der Waals surface area contributed by atoms with Crippen molar-refractivity contribution in [2.24, 2.45) is 5.41 Å². The molecule has 2 atom stereocenters. The fraction of sp³-hybridized carbons (Fsp3) is 0.857. The molecule has 0 spiro atoms. The summed E-state index contributed by atoms with van der Waals surface area (Å²) >= 11 is 6.90. The fourth-order valence-corrected chi connectivity index (χ4v) is 8.03. The van der Waals surface area contributed by atoms with Gasteiger partial charge in [0.05, 0.1) is 30.9 Å². The average Bonchev–Trinajstić information content (AvgIpc) is 3.11. The Hall–Kier alpha value is -1.84. The van der Waals surface area contributed by atoms with Crippen molar-refractivity contribution in [2.45, 2.75) is 169 Å². The molecular weight excluding hydrogens is 924 g/mol. The Balaban J connectivity index is 5.98. The van der Waals surface area contributed by atoms with Gasteiger partial charge < -0.3 is 4.74 Å². The van der Waals surface area contributed by atoms with Crippen LogP contribution in [0, 0.1) is 16.7 Å². The molecule has 0 bridgehead atoms. The highest BCUT2D eigenvalue weighted by atomic mass is 32.2. The molecule has 0 fully saturated rings. The molecule has 0 saturated carbocycles. The van der Waals surface area contributed by atoms with Crippen LogP contribution in [0.4, 0.5) is 83.4 Å². The lowest BCUT2D eigenvalue weighted by Gasteiger charge is -2.41. The molecule has 25 heteroatoms. The minimum Gasteiger partial charge on any atom is -0.465 e. The minimum atomic E-state index is -8.28. The number of carbonyl (C=O) groups excluding carboxylic acids is 1. The number of alkyl halides is 19. The van der Waals surface area contributed by atoms with E-state index in [0.29, 0.717) is 23.9 Å². The maximum absolute atomic E-state index is 14.5. The van der Waals surface area contributed by atoms with Crippen LogP contribution in [-0.2, 0) is 9.53 Å². The molecule has 352 valence electrons. The van der Waals surface area contributed by atoms with Gasteiger partial charge >= 0.3 is 59.5 Å².